The molecule has 10 heteroatoms. The number of hydrogen-bond donors (Lipinski definition) is 0. The van der Waals surface area contributed by atoms with E-state index >= 15 is 0 Å². The van der Waals surface area contributed by atoms with Crippen LogP contribution in [-0.2, 0) is 14.8 Å². The van der Waals surface area contributed by atoms with E-state index < -0.39 is 10.0 Å². The van der Waals surface area contributed by atoms with E-state index in [0.29, 0.717) is 30.3 Å². The summed E-state index contributed by atoms with van der Waals surface area (Å²) < 4.78 is 34.2. The average Bonchev–Trinajstić information content (AvgIpc) is 3.37. The number of carbonyl (C=O) groups is 1. The lowest BCUT2D eigenvalue weighted by Gasteiger charge is -2.28. The number of amides is 1. The minimum absolute atomic E-state index is 0.166. The summed E-state index contributed by atoms with van der Waals surface area (Å²) in [5.41, 5.74) is 2.45. The zero-order chi connectivity index (χ0) is 25.8. The fourth-order valence-corrected chi connectivity index (χ4v) is 7.52. The van der Waals surface area contributed by atoms with E-state index in [-0.39, 0.29) is 10.8 Å². The number of rotatable bonds is 8. The monoisotopic (exact) mass is 542 g/mol. The number of carbonyl (C=O) groups excluding carboxylic acids is 1. The lowest BCUT2D eigenvalue weighted by Crippen LogP contribution is -2.39. The third kappa shape index (κ3) is 5.88. The van der Waals surface area contributed by atoms with Gasteiger partial charge in [-0.15, -0.1) is 0 Å². The molecule has 5 rings (SSSR count). The number of anilines is 1. The maximum absolute atomic E-state index is 13.8. The molecule has 37 heavy (non-hydrogen) atoms. The Labute approximate surface area is 222 Å². The van der Waals surface area contributed by atoms with E-state index in [1.54, 1.807) is 33.5 Å². The molecule has 2 aromatic carbocycles. The fourth-order valence-electron chi connectivity index (χ4n) is 4.93. The van der Waals surface area contributed by atoms with E-state index in [9.17, 15) is 13.2 Å². The number of piperidine rings is 1. The van der Waals surface area contributed by atoms with Crippen molar-refractivity contribution in [1.29, 1.82) is 0 Å². The summed E-state index contributed by atoms with van der Waals surface area (Å²) in [4.78, 5) is 22.9. The van der Waals surface area contributed by atoms with Crippen molar-refractivity contribution >= 4 is 42.6 Å². The molecule has 0 saturated carbocycles. The zero-order valence-electron chi connectivity index (χ0n) is 21.3. The number of sulfonamides is 1. The lowest BCUT2D eigenvalue weighted by atomic mass is 10.2. The number of aryl methyl sites for hydroxylation is 1. The number of nitrogens with zero attached hydrogens (tertiary/aromatic N) is 4. The van der Waals surface area contributed by atoms with Crippen LogP contribution in [0.15, 0.2) is 47.4 Å². The second kappa shape index (κ2) is 11.6. The predicted octanol–water partition coefficient (Wildman–Crippen LogP) is 4.15. The molecule has 0 spiro atoms. The van der Waals surface area contributed by atoms with Gasteiger partial charge in [0.25, 0.3) is 5.91 Å². The number of morpholine rings is 1. The maximum Gasteiger partial charge on any atom is 0.260 e. The van der Waals surface area contributed by atoms with Gasteiger partial charge in [-0.05, 0) is 62.1 Å². The summed E-state index contributed by atoms with van der Waals surface area (Å²) in [6, 6.07) is 12.4. The molecule has 2 aliphatic rings. The number of aromatic nitrogens is 1. The van der Waals surface area contributed by atoms with Crippen LogP contribution in [0.1, 0.15) is 41.6 Å². The Morgan fingerprint density at radius 1 is 1.03 bits per heavy atom. The first-order chi connectivity index (χ1) is 17.9. The van der Waals surface area contributed by atoms with E-state index in [4.69, 9.17) is 9.72 Å². The van der Waals surface area contributed by atoms with Crippen LogP contribution in [0.25, 0.3) is 10.2 Å². The zero-order valence-corrected chi connectivity index (χ0v) is 22.9. The molecular formula is C27H34N4O4S2. The highest BCUT2D eigenvalue weighted by atomic mass is 32.2. The largest absolute Gasteiger partial charge is 0.379 e. The molecule has 1 aromatic heterocycles. The number of fused-ring (bicyclic) bond motifs is 1. The molecular weight excluding hydrogens is 508 g/mol. The number of ether oxygens (including phenoxy) is 1. The first-order valence-corrected chi connectivity index (χ1v) is 15.3. The van der Waals surface area contributed by atoms with Crippen molar-refractivity contribution in [2.45, 2.75) is 37.5 Å². The first-order valence-electron chi connectivity index (χ1n) is 13.0. The van der Waals surface area contributed by atoms with Crippen molar-refractivity contribution in [3.63, 3.8) is 0 Å². The highest BCUT2D eigenvalue weighted by molar-refractivity contribution is 7.89. The van der Waals surface area contributed by atoms with E-state index in [2.05, 4.69) is 4.90 Å². The fraction of sp³-hybridized carbons (Fsp3) is 0.481. The Balaban J connectivity index is 1.37. The Morgan fingerprint density at radius 3 is 2.46 bits per heavy atom. The molecule has 8 nitrogen and oxygen atoms in total. The summed E-state index contributed by atoms with van der Waals surface area (Å²) in [7, 11) is -3.54. The van der Waals surface area contributed by atoms with Crippen molar-refractivity contribution in [2.24, 2.45) is 0 Å². The van der Waals surface area contributed by atoms with Gasteiger partial charge in [0.15, 0.2) is 5.13 Å². The molecule has 198 valence electrons. The van der Waals surface area contributed by atoms with E-state index in [1.165, 1.54) is 11.3 Å². The van der Waals surface area contributed by atoms with Crippen molar-refractivity contribution in [2.75, 3.05) is 57.4 Å². The van der Waals surface area contributed by atoms with Crippen LogP contribution >= 0.6 is 11.3 Å². The molecule has 0 unspecified atom stereocenters. The van der Waals surface area contributed by atoms with Gasteiger partial charge in [0, 0.05) is 44.8 Å². The molecule has 0 radical (unpaired) electrons. The third-order valence-electron chi connectivity index (χ3n) is 7.10. The summed E-state index contributed by atoms with van der Waals surface area (Å²) >= 11 is 1.51. The van der Waals surface area contributed by atoms with Crippen LogP contribution in [-0.4, -0.2) is 81.0 Å². The third-order valence-corrected chi connectivity index (χ3v) is 10.1. The summed E-state index contributed by atoms with van der Waals surface area (Å²) in [6.07, 6.45) is 3.64. The van der Waals surface area contributed by atoms with Crippen molar-refractivity contribution < 1.29 is 17.9 Å². The van der Waals surface area contributed by atoms with Gasteiger partial charge in [-0.1, -0.05) is 29.9 Å². The van der Waals surface area contributed by atoms with Gasteiger partial charge < -0.3 is 4.74 Å². The lowest BCUT2D eigenvalue weighted by molar-refractivity contribution is 0.0376. The molecule has 2 saturated heterocycles. The van der Waals surface area contributed by atoms with Crippen LogP contribution in [0.4, 0.5) is 5.13 Å². The predicted molar refractivity (Wildman–Crippen MR) is 147 cm³/mol. The molecule has 2 fully saturated rings. The normalized spacial score (nSPS) is 17.8. The maximum atomic E-state index is 13.8. The van der Waals surface area contributed by atoms with Crippen LogP contribution in [0.3, 0.4) is 0 Å². The van der Waals surface area contributed by atoms with Gasteiger partial charge in [-0.25, -0.2) is 13.4 Å². The number of hydrogen-bond acceptors (Lipinski definition) is 7. The Bertz CT molecular complexity index is 1330. The summed E-state index contributed by atoms with van der Waals surface area (Å²) in [5, 5.41) is 0.668. The Kier molecular flexibility index (Phi) is 8.21. The van der Waals surface area contributed by atoms with Gasteiger partial charge in [0.05, 0.1) is 28.3 Å². The topological polar surface area (TPSA) is 83.0 Å². The van der Waals surface area contributed by atoms with Crippen LogP contribution in [0, 0.1) is 6.92 Å². The van der Waals surface area contributed by atoms with E-state index in [0.717, 1.165) is 74.3 Å². The molecule has 3 heterocycles. The second-order valence-corrected chi connectivity index (χ2v) is 12.6. The van der Waals surface area contributed by atoms with Crippen LogP contribution in [0.5, 0.6) is 0 Å². The van der Waals surface area contributed by atoms with Crippen molar-refractivity contribution in [3.05, 3.63) is 53.6 Å². The minimum Gasteiger partial charge on any atom is -0.379 e. The van der Waals surface area contributed by atoms with Gasteiger partial charge >= 0.3 is 0 Å². The highest BCUT2D eigenvalue weighted by Gasteiger charge is 2.27. The molecule has 0 N–H and O–H groups in total. The Hall–Kier alpha value is -2.37. The van der Waals surface area contributed by atoms with Gasteiger partial charge in [0.2, 0.25) is 10.0 Å². The molecule has 2 aliphatic heterocycles. The molecule has 0 atom stereocenters. The number of para-hydroxylation sites is 1. The minimum atomic E-state index is -3.54. The first kappa shape index (κ1) is 26.2. The Morgan fingerprint density at radius 2 is 1.76 bits per heavy atom. The molecule has 0 bridgehead atoms. The highest BCUT2D eigenvalue weighted by Crippen LogP contribution is 2.32. The molecule has 3 aromatic rings. The van der Waals surface area contributed by atoms with Crippen molar-refractivity contribution in [3.8, 4) is 0 Å². The molecule has 1 amide bonds. The average molecular weight is 543 g/mol. The van der Waals surface area contributed by atoms with E-state index in [1.807, 2.05) is 25.1 Å². The van der Waals surface area contributed by atoms with Gasteiger partial charge in [-0.2, -0.15) is 4.31 Å². The van der Waals surface area contributed by atoms with Crippen LogP contribution in [0.2, 0.25) is 0 Å². The summed E-state index contributed by atoms with van der Waals surface area (Å²) in [5.74, 6) is -0.166. The number of thiazole rings is 1. The number of benzene rings is 2. The summed E-state index contributed by atoms with van der Waals surface area (Å²) in [6.45, 7) is 7.83. The molecule has 0 aliphatic carbocycles. The standard InChI is InChI=1S/C27H34N4O4S2/c1-21-7-5-8-24-25(21)28-27(36-24)31(16-6-13-29-17-19-35-20-18-29)26(32)22-9-11-23(12-10-22)37(33,34)30-14-3-2-4-15-30/h5,7-12H,2-4,6,13-20H2,1H3. The quantitative estimate of drug-likeness (QED) is 0.425. The second-order valence-electron chi connectivity index (χ2n) is 9.67. The smallest absolute Gasteiger partial charge is 0.260 e. The van der Waals surface area contributed by atoms with Gasteiger partial charge in [0.1, 0.15) is 0 Å². The van der Waals surface area contributed by atoms with Gasteiger partial charge in [-0.3, -0.25) is 14.6 Å². The van der Waals surface area contributed by atoms with Crippen molar-refractivity contribution in [1.82, 2.24) is 14.2 Å². The SMILES string of the molecule is Cc1cccc2sc(N(CCCN3CCOCC3)C(=O)c3ccc(S(=O)(=O)N4CCCCC4)cc3)nc12. The van der Waals surface area contributed by atoms with Crippen LogP contribution < -0.4 is 4.90 Å².